The molecule has 9 heteroatoms. The molecular formula is C22H25N3O6. The number of hydrogen-bond acceptors (Lipinski definition) is 7. The third kappa shape index (κ3) is 5.18. The summed E-state index contributed by atoms with van der Waals surface area (Å²) in [4.78, 5) is 22.7. The lowest BCUT2D eigenvalue weighted by atomic mass is 9.90. The zero-order valence-corrected chi connectivity index (χ0v) is 17.5. The summed E-state index contributed by atoms with van der Waals surface area (Å²) in [6.45, 7) is 3.83. The minimum absolute atomic E-state index is 0.0512. The molecule has 0 fully saturated rings. The van der Waals surface area contributed by atoms with Crippen molar-refractivity contribution in [3.05, 3.63) is 63.2 Å². The molecule has 0 radical (unpaired) electrons. The van der Waals surface area contributed by atoms with Gasteiger partial charge in [-0.3, -0.25) is 14.9 Å². The standard InChI is InChI=1S/C22H25N3O6/c1-3-4-5-21(27)23-24-22(15-6-8-16(9-7-15)25(28)29)18-11-20-19(30-13-31-20)10-17(18)14(2)12-26/h6-11,14,26H,3-5,12-13H2,1-2H3,(H,23,27)/b24-22+. The van der Waals surface area contributed by atoms with E-state index in [-0.39, 0.29) is 30.9 Å². The molecule has 31 heavy (non-hydrogen) atoms. The summed E-state index contributed by atoms with van der Waals surface area (Å²) in [6.07, 6.45) is 1.96. The Morgan fingerprint density at radius 2 is 1.94 bits per heavy atom. The van der Waals surface area contributed by atoms with Crippen LogP contribution >= 0.6 is 0 Å². The Morgan fingerprint density at radius 3 is 2.55 bits per heavy atom. The maximum absolute atomic E-state index is 12.2. The molecule has 0 aliphatic carbocycles. The van der Waals surface area contributed by atoms with Crippen molar-refractivity contribution in [2.24, 2.45) is 5.10 Å². The first kappa shape index (κ1) is 22.2. The predicted molar refractivity (Wildman–Crippen MR) is 114 cm³/mol. The lowest BCUT2D eigenvalue weighted by Crippen LogP contribution is -2.21. The van der Waals surface area contributed by atoms with E-state index in [4.69, 9.17) is 9.47 Å². The summed E-state index contributed by atoms with van der Waals surface area (Å²) >= 11 is 0. The monoisotopic (exact) mass is 427 g/mol. The fourth-order valence-corrected chi connectivity index (χ4v) is 3.20. The van der Waals surface area contributed by atoms with Crippen LogP contribution in [-0.2, 0) is 4.79 Å². The van der Waals surface area contributed by atoms with Crippen molar-refractivity contribution in [1.29, 1.82) is 0 Å². The quantitative estimate of drug-likeness (QED) is 0.359. The fourth-order valence-electron chi connectivity index (χ4n) is 3.20. The van der Waals surface area contributed by atoms with Gasteiger partial charge in [0.15, 0.2) is 11.5 Å². The molecule has 0 aromatic heterocycles. The normalized spacial score (nSPS) is 13.7. The average Bonchev–Trinajstić information content (AvgIpc) is 3.24. The highest BCUT2D eigenvalue weighted by Gasteiger charge is 2.24. The number of carbonyl (C=O) groups excluding carboxylic acids is 1. The van der Waals surface area contributed by atoms with Crippen molar-refractivity contribution < 1.29 is 24.3 Å². The number of fused-ring (bicyclic) bond motifs is 1. The molecule has 1 aliphatic rings. The third-order valence-electron chi connectivity index (χ3n) is 5.01. The Morgan fingerprint density at radius 1 is 1.26 bits per heavy atom. The second-order valence-electron chi connectivity index (χ2n) is 7.28. The number of nitro groups is 1. The lowest BCUT2D eigenvalue weighted by molar-refractivity contribution is -0.384. The fraction of sp³-hybridized carbons (Fsp3) is 0.364. The SMILES string of the molecule is CCCCC(=O)N/N=C(\c1ccc([N+](=O)[O-])cc1)c1cc2c(cc1C(C)CO)OCO2. The van der Waals surface area contributed by atoms with Gasteiger partial charge in [-0.2, -0.15) is 5.10 Å². The molecule has 0 saturated heterocycles. The molecule has 2 aromatic carbocycles. The average molecular weight is 427 g/mol. The summed E-state index contributed by atoms with van der Waals surface area (Å²) in [5, 5.41) is 25.2. The zero-order valence-electron chi connectivity index (χ0n) is 17.5. The number of benzene rings is 2. The number of nitrogens with zero attached hydrogens (tertiary/aromatic N) is 2. The molecule has 3 rings (SSSR count). The highest BCUT2D eigenvalue weighted by Crippen LogP contribution is 2.38. The second kappa shape index (κ2) is 10.0. The van der Waals surface area contributed by atoms with Gasteiger partial charge in [0.1, 0.15) is 0 Å². The molecule has 9 nitrogen and oxygen atoms in total. The number of hydrazone groups is 1. The second-order valence-corrected chi connectivity index (χ2v) is 7.28. The third-order valence-corrected chi connectivity index (χ3v) is 5.01. The van der Waals surface area contributed by atoms with Crippen LogP contribution in [0.15, 0.2) is 41.5 Å². The minimum atomic E-state index is -0.479. The Hall–Kier alpha value is -3.46. The molecule has 0 bridgehead atoms. The van der Waals surface area contributed by atoms with Gasteiger partial charge >= 0.3 is 0 Å². The van der Waals surface area contributed by atoms with Gasteiger partial charge in [-0.1, -0.05) is 20.3 Å². The zero-order chi connectivity index (χ0) is 22.4. The summed E-state index contributed by atoms with van der Waals surface area (Å²) in [5.41, 5.74) is 4.91. The van der Waals surface area contributed by atoms with E-state index in [9.17, 15) is 20.0 Å². The number of non-ortho nitro benzene ring substituents is 1. The molecule has 164 valence electrons. The summed E-state index contributed by atoms with van der Waals surface area (Å²) in [5.74, 6) is 0.618. The first-order chi connectivity index (χ1) is 14.9. The Labute approximate surface area is 179 Å². The van der Waals surface area contributed by atoms with Gasteiger partial charge in [0.05, 0.1) is 10.6 Å². The van der Waals surface area contributed by atoms with E-state index in [0.29, 0.717) is 34.8 Å². The van der Waals surface area contributed by atoms with Crippen LogP contribution in [0.25, 0.3) is 0 Å². The van der Waals surface area contributed by atoms with Crippen molar-refractivity contribution in [3.8, 4) is 11.5 Å². The van der Waals surface area contributed by atoms with Gasteiger partial charge < -0.3 is 14.6 Å². The molecule has 0 spiro atoms. The maximum Gasteiger partial charge on any atom is 0.269 e. The van der Waals surface area contributed by atoms with E-state index in [1.54, 1.807) is 24.3 Å². The van der Waals surface area contributed by atoms with Gasteiger partial charge in [-0.25, -0.2) is 5.43 Å². The Balaban J connectivity index is 2.09. The Bertz CT molecular complexity index is 987. The topological polar surface area (TPSA) is 123 Å². The number of rotatable bonds is 9. The minimum Gasteiger partial charge on any atom is -0.454 e. The number of nitrogens with one attached hydrogen (secondary N) is 1. The maximum atomic E-state index is 12.2. The van der Waals surface area contributed by atoms with Crippen molar-refractivity contribution in [3.63, 3.8) is 0 Å². The number of aliphatic hydroxyl groups is 1. The largest absolute Gasteiger partial charge is 0.454 e. The van der Waals surface area contributed by atoms with Crippen molar-refractivity contribution in [1.82, 2.24) is 5.43 Å². The Kier molecular flexibility index (Phi) is 7.19. The summed E-state index contributed by atoms with van der Waals surface area (Å²) < 4.78 is 11.0. The van der Waals surface area contributed by atoms with Gasteiger partial charge in [0.2, 0.25) is 12.7 Å². The number of aliphatic hydroxyl groups excluding tert-OH is 1. The summed E-state index contributed by atoms with van der Waals surface area (Å²) in [6, 6.07) is 9.46. The number of hydrogen-bond donors (Lipinski definition) is 2. The molecule has 1 amide bonds. The van der Waals surface area contributed by atoms with Gasteiger partial charge in [0, 0.05) is 42.2 Å². The number of nitro benzene ring substituents is 1. The van der Waals surface area contributed by atoms with Gasteiger partial charge in [-0.05, 0) is 36.2 Å². The molecule has 1 aliphatic heterocycles. The highest BCUT2D eigenvalue weighted by atomic mass is 16.7. The predicted octanol–water partition coefficient (Wildman–Crippen LogP) is 3.48. The summed E-state index contributed by atoms with van der Waals surface area (Å²) in [7, 11) is 0. The van der Waals surface area contributed by atoms with Crippen LogP contribution in [0.2, 0.25) is 0 Å². The van der Waals surface area contributed by atoms with E-state index >= 15 is 0 Å². The van der Waals surface area contributed by atoms with Crippen LogP contribution in [0.4, 0.5) is 5.69 Å². The van der Waals surface area contributed by atoms with E-state index in [1.807, 2.05) is 13.8 Å². The van der Waals surface area contributed by atoms with Crippen LogP contribution in [-0.4, -0.2) is 35.0 Å². The van der Waals surface area contributed by atoms with Crippen molar-refractivity contribution in [2.75, 3.05) is 13.4 Å². The van der Waals surface area contributed by atoms with E-state index in [2.05, 4.69) is 10.5 Å². The van der Waals surface area contributed by atoms with E-state index in [0.717, 1.165) is 18.4 Å². The molecular weight excluding hydrogens is 402 g/mol. The molecule has 2 aromatic rings. The van der Waals surface area contributed by atoms with Gasteiger partial charge in [0.25, 0.3) is 5.69 Å². The molecule has 1 atom stereocenters. The van der Waals surface area contributed by atoms with Crippen LogP contribution in [0.1, 0.15) is 55.7 Å². The van der Waals surface area contributed by atoms with Gasteiger partial charge in [-0.15, -0.1) is 0 Å². The molecule has 2 N–H and O–H groups in total. The van der Waals surface area contributed by atoms with Crippen LogP contribution in [0.3, 0.4) is 0 Å². The van der Waals surface area contributed by atoms with Crippen LogP contribution in [0, 0.1) is 10.1 Å². The van der Waals surface area contributed by atoms with Crippen molar-refractivity contribution >= 4 is 17.3 Å². The smallest absolute Gasteiger partial charge is 0.269 e. The highest BCUT2D eigenvalue weighted by molar-refractivity contribution is 6.14. The van der Waals surface area contributed by atoms with Crippen LogP contribution in [0.5, 0.6) is 11.5 Å². The number of carbonyl (C=O) groups is 1. The molecule has 1 heterocycles. The molecule has 0 saturated carbocycles. The number of ether oxygens (including phenoxy) is 2. The van der Waals surface area contributed by atoms with Crippen molar-refractivity contribution in [2.45, 2.75) is 39.0 Å². The number of amides is 1. The first-order valence-corrected chi connectivity index (χ1v) is 10.1. The van der Waals surface area contributed by atoms with E-state index < -0.39 is 4.92 Å². The van der Waals surface area contributed by atoms with Crippen LogP contribution < -0.4 is 14.9 Å². The lowest BCUT2D eigenvalue weighted by Gasteiger charge is -2.17. The van der Waals surface area contributed by atoms with E-state index in [1.165, 1.54) is 12.1 Å². The first-order valence-electron chi connectivity index (χ1n) is 10.1. The number of unbranched alkanes of at least 4 members (excludes halogenated alkanes) is 1. The molecule has 1 unspecified atom stereocenters.